The fourth-order valence-electron chi connectivity index (χ4n) is 2.74. The van der Waals surface area contributed by atoms with Gasteiger partial charge in [-0.1, -0.05) is 26.0 Å². The second-order valence-corrected chi connectivity index (χ2v) is 5.85. The van der Waals surface area contributed by atoms with E-state index in [0.717, 1.165) is 24.3 Å². The van der Waals surface area contributed by atoms with Crippen molar-refractivity contribution in [2.45, 2.75) is 32.8 Å². The summed E-state index contributed by atoms with van der Waals surface area (Å²) in [6.45, 7) is 5.84. The van der Waals surface area contributed by atoms with Crippen molar-refractivity contribution in [2.24, 2.45) is 11.8 Å². The van der Waals surface area contributed by atoms with Gasteiger partial charge in [0, 0.05) is 24.8 Å². The molecule has 1 heterocycles. The van der Waals surface area contributed by atoms with Crippen LogP contribution in [0.2, 0.25) is 0 Å². The molecular weight excluding hydrogens is 288 g/mol. The Morgan fingerprint density at radius 3 is 2.67 bits per heavy atom. The van der Waals surface area contributed by atoms with Gasteiger partial charge in [0.1, 0.15) is 0 Å². The molecule has 0 bridgehead atoms. The minimum absolute atomic E-state index is 0. The number of halogens is 1. The van der Waals surface area contributed by atoms with Crippen LogP contribution in [0.5, 0.6) is 0 Å². The summed E-state index contributed by atoms with van der Waals surface area (Å²) in [4.78, 5) is 11.9. The Morgan fingerprint density at radius 1 is 1.38 bits per heavy atom. The minimum Gasteiger partial charge on any atom is -0.399 e. The molecule has 5 heteroatoms. The number of nitrogen functional groups attached to an aromatic ring is 1. The van der Waals surface area contributed by atoms with E-state index in [0.29, 0.717) is 24.8 Å². The van der Waals surface area contributed by atoms with E-state index in [1.54, 1.807) is 0 Å². The first-order valence-electron chi connectivity index (χ1n) is 7.29. The van der Waals surface area contributed by atoms with Crippen LogP contribution in [0.3, 0.4) is 0 Å². The number of amides is 1. The number of carbonyl (C=O) groups excluding carboxylic acids is 1. The van der Waals surface area contributed by atoms with Crippen LogP contribution >= 0.6 is 12.4 Å². The third kappa shape index (κ3) is 5.21. The first-order chi connectivity index (χ1) is 9.56. The van der Waals surface area contributed by atoms with E-state index >= 15 is 0 Å². The highest BCUT2D eigenvalue weighted by Gasteiger charge is 2.30. The number of anilines is 1. The number of hydrogen-bond acceptors (Lipinski definition) is 3. The monoisotopic (exact) mass is 312 g/mol. The van der Waals surface area contributed by atoms with Crippen LogP contribution in [-0.2, 0) is 16.0 Å². The highest BCUT2D eigenvalue weighted by Crippen LogP contribution is 2.26. The van der Waals surface area contributed by atoms with Crippen LogP contribution in [-0.4, -0.2) is 25.2 Å². The van der Waals surface area contributed by atoms with E-state index in [9.17, 15) is 4.79 Å². The van der Waals surface area contributed by atoms with Gasteiger partial charge in [-0.2, -0.15) is 0 Å². The Hall–Kier alpha value is -1.26. The van der Waals surface area contributed by atoms with Crippen LogP contribution in [0.15, 0.2) is 24.3 Å². The molecule has 3 N–H and O–H groups in total. The predicted octanol–water partition coefficient (Wildman–Crippen LogP) is 2.41. The van der Waals surface area contributed by atoms with Gasteiger partial charge in [0.05, 0.1) is 12.5 Å². The van der Waals surface area contributed by atoms with Crippen molar-refractivity contribution >= 4 is 24.0 Å². The molecule has 2 unspecified atom stereocenters. The molecule has 2 atom stereocenters. The third-order valence-electron chi connectivity index (χ3n) is 3.83. The molecule has 0 radical (unpaired) electrons. The van der Waals surface area contributed by atoms with E-state index in [2.05, 4.69) is 19.2 Å². The van der Waals surface area contributed by atoms with Gasteiger partial charge in [-0.25, -0.2) is 0 Å². The van der Waals surface area contributed by atoms with E-state index in [-0.39, 0.29) is 24.4 Å². The minimum atomic E-state index is 0. The highest BCUT2D eigenvalue weighted by molar-refractivity contribution is 5.85. The predicted molar refractivity (Wildman–Crippen MR) is 87.5 cm³/mol. The third-order valence-corrected chi connectivity index (χ3v) is 3.83. The van der Waals surface area contributed by atoms with Crippen molar-refractivity contribution in [3.8, 4) is 0 Å². The van der Waals surface area contributed by atoms with Gasteiger partial charge in [-0.05, 0) is 30.0 Å². The van der Waals surface area contributed by atoms with E-state index < -0.39 is 0 Å². The van der Waals surface area contributed by atoms with Crippen LogP contribution in [0.1, 0.15) is 25.8 Å². The molecule has 4 nitrogen and oxygen atoms in total. The number of hydrogen-bond donors (Lipinski definition) is 2. The quantitative estimate of drug-likeness (QED) is 0.821. The molecule has 1 amide bonds. The molecule has 0 aromatic heterocycles. The molecule has 1 aromatic rings. The summed E-state index contributed by atoms with van der Waals surface area (Å²) in [6.07, 6.45) is 1.71. The topological polar surface area (TPSA) is 64.3 Å². The van der Waals surface area contributed by atoms with Gasteiger partial charge < -0.3 is 15.8 Å². The maximum Gasteiger partial charge on any atom is 0.224 e. The number of nitrogens with two attached hydrogens (primary N) is 1. The van der Waals surface area contributed by atoms with Gasteiger partial charge in [0.15, 0.2) is 0 Å². The standard InChI is InChI=1S/C16H24N2O2.ClH/c1-11(2)16-13(7-8-20-16)10-18-15(19)9-12-3-5-14(17)6-4-12;/h3-6,11,13,16H,7-10,17H2,1-2H3,(H,18,19);1H. The van der Waals surface area contributed by atoms with Gasteiger partial charge in [-0.3, -0.25) is 4.79 Å². The van der Waals surface area contributed by atoms with Gasteiger partial charge in [0.2, 0.25) is 5.91 Å². The summed E-state index contributed by atoms with van der Waals surface area (Å²) in [7, 11) is 0. The normalized spacial score (nSPS) is 21.1. The highest BCUT2D eigenvalue weighted by atomic mass is 35.5. The molecule has 0 spiro atoms. The maximum atomic E-state index is 11.9. The summed E-state index contributed by atoms with van der Waals surface area (Å²) in [5.74, 6) is 0.992. The molecule has 1 fully saturated rings. The second kappa shape index (κ2) is 8.25. The van der Waals surface area contributed by atoms with E-state index in [4.69, 9.17) is 10.5 Å². The number of nitrogens with one attached hydrogen (secondary N) is 1. The fourth-order valence-corrected chi connectivity index (χ4v) is 2.74. The molecule has 2 rings (SSSR count). The van der Waals surface area contributed by atoms with E-state index in [1.165, 1.54) is 0 Å². The molecule has 0 saturated carbocycles. The van der Waals surface area contributed by atoms with Crippen molar-refractivity contribution in [3.63, 3.8) is 0 Å². The van der Waals surface area contributed by atoms with Gasteiger partial charge in [-0.15, -0.1) is 12.4 Å². The zero-order chi connectivity index (χ0) is 14.5. The van der Waals surface area contributed by atoms with Crippen LogP contribution in [0.25, 0.3) is 0 Å². The largest absolute Gasteiger partial charge is 0.399 e. The molecular formula is C16H25ClN2O2. The molecule has 21 heavy (non-hydrogen) atoms. The molecule has 0 aliphatic carbocycles. The molecule has 1 saturated heterocycles. The lowest BCUT2D eigenvalue weighted by Gasteiger charge is -2.22. The second-order valence-electron chi connectivity index (χ2n) is 5.85. The Balaban J connectivity index is 0.00000220. The summed E-state index contributed by atoms with van der Waals surface area (Å²) in [5, 5.41) is 3.02. The lowest BCUT2D eigenvalue weighted by atomic mass is 9.93. The molecule has 1 aliphatic heterocycles. The van der Waals surface area contributed by atoms with Crippen molar-refractivity contribution in [3.05, 3.63) is 29.8 Å². The van der Waals surface area contributed by atoms with Crippen LogP contribution in [0.4, 0.5) is 5.69 Å². The average Bonchev–Trinajstić information content (AvgIpc) is 2.88. The number of carbonyl (C=O) groups is 1. The SMILES string of the molecule is CC(C)C1OCCC1CNC(=O)Cc1ccc(N)cc1.Cl. The number of ether oxygens (including phenoxy) is 1. The summed E-state index contributed by atoms with van der Waals surface area (Å²) in [6, 6.07) is 7.43. The van der Waals surface area contributed by atoms with Crippen molar-refractivity contribution in [2.75, 3.05) is 18.9 Å². The number of rotatable bonds is 5. The fraction of sp³-hybridized carbons (Fsp3) is 0.562. The van der Waals surface area contributed by atoms with E-state index in [1.807, 2.05) is 24.3 Å². The Kier molecular flexibility index (Phi) is 6.99. The van der Waals surface area contributed by atoms with Crippen molar-refractivity contribution < 1.29 is 9.53 Å². The molecule has 1 aromatic carbocycles. The Bertz CT molecular complexity index is 448. The maximum absolute atomic E-state index is 11.9. The number of benzene rings is 1. The summed E-state index contributed by atoms with van der Waals surface area (Å²) < 4.78 is 5.73. The smallest absolute Gasteiger partial charge is 0.224 e. The lowest BCUT2D eigenvalue weighted by molar-refractivity contribution is -0.120. The zero-order valence-corrected chi connectivity index (χ0v) is 13.5. The van der Waals surface area contributed by atoms with Crippen LogP contribution in [0, 0.1) is 11.8 Å². The lowest BCUT2D eigenvalue weighted by Crippen LogP contribution is -2.35. The van der Waals surface area contributed by atoms with Crippen molar-refractivity contribution in [1.29, 1.82) is 0 Å². The van der Waals surface area contributed by atoms with Gasteiger partial charge in [0.25, 0.3) is 0 Å². The van der Waals surface area contributed by atoms with Gasteiger partial charge >= 0.3 is 0 Å². The average molecular weight is 313 g/mol. The Labute approximate surface area is 132 Å². The molecule has 1 aliphatic rings. The first kappa shape index (κ1) is 17.8. The van der Waals surface area contributed by atoms with Crippen LogP contribution < -0.4 is 11.1 Å². The Morgan fingerprint density at radius 2 is 2.05 bits per heavy atom. The zero-order valence-electron chi connectivity index (χ0n) is 12.7. The first-order valence-corrected chi connectivity index (χ1v) is 7.29. The molecule has 118 valence electrons. The summed E-state index contributed by atoms with van der Waals surface area (Å²) in [5.41, 5.74) is 7.33. The summed E-state index contributed by atoms with van der Waals surface area (Å²) >= 11 is 0. The van der Waals surface area contributed by atoms with Crippen molar-refractivity contribution in [1.82, 2.24) is 5.32 Å².